The lowest BCUT2D eigenvalue weighted by molar-refractivity contribution is 0.202. The predicted molar refractivity (Wildman–Crippen MR) is 98.9 cm³/mol. The Morgan fingerprint density at radius 2 is 1.35 bits per heavy atom. The molecule has 3 heteroatoms. The Balaban J connectivity index is 2.15. The summed E-state index contributed by atoms with van der Waals surface area (Å²) < 4.78 is 0. The molecule has 0 aromatic rings. The average Bonchev–Trinajstić information content (AvgIpc) is 2.45. The van der Waals surface area contributed by atoms with Gasteiger partial charge >= 0.3 is 7.12 Å². The number of hydrogen-bond donors (Lipinski definition) is 2. The first kappa shape index (κ1) is 18.8. The molecule has 0 spiro atoms. The van der Waals surface area contributed by atoms with Gasteiger partial charge in [0, 0.05) is 5.82 Å². The normalized spacial score (nSPS) is 35.4. The van der Waals surface area contributed by atoms with E-state index >= 15 is 0 Å². The lowest BCUT2D eigenvalue weighted by atomic mass is 9.53. The molecule has 5 unspecified atom stereocenters. The molecule has 0 fully saturated rings. The van der Waals surface area contributed by atoms with E-state index in [0.717, 1.165) is 12.8 Å². The number of allylic oxidation sites excluding steroid dienone is 4. The van der Waals surface area contributed by atoms with Crippen molar-refractivity contribution in [3.63, 3.8) is 0 Å². The molecule has 2 aliphatic rings. The Hall–Kier alpha value is -0.535. The monoisotopic (exact) mass is 318 g/mol. The summed E-state index contributed by atoms with van der Waals surface area (Å²) in [7, 11) is -1.22. The Morgan fingerprint density at radius 1 is 0.783 bits per heavy atom. The maximum absolute atomic E-state index is 9.94. The standard InChI is InChI=1S/C20H35BO2/c1-19(2,3)15-9-7-14(8-10-15)17-12-11-16(20(4,5)6)13-18(17)21(22)23/h7,9,11-12,14-18,22-23H,8,10,13H2,1-6H3. The minimum atomic E-state index is -1.22. The van der Waals surface area contributed by atoms with Gasteiger partial charge in [-0.25, -0.2) is 0 Å². The molecule has 130 valence electrons. The molecule has 0 saturated carbocycles. The van der Waals surface area contributed by atoms with E-state index in [2.05, 4.69) is 65.8 Å². The van der Waals surface area contributed by atoms with E-state index in [1.807, 2.05) is 0 Å². The van der Waals surface area contributed by atoms with Crippen molar-refractivity contribution in [2.75, 3.05) is 0 Å². The van der Waals surface area contributed by atoms with Gasteiger partial charge in [0.2, 0.25) is 0 Å². The van der Waals surface area contributed by atoms with Crippen molar-refractivity contribution >= 4 is 7.12 Å². The van der Waals surface area contributed by atoms with E-state index in [0.29, 0.717) is 23.2 Å². The van der Waals surface area contributed by atoms with E-state index in [1.165, 1.54) is 6.42 Å². The minimum absolute atomic E-state index is 0.0509. The Bertz CT molecular complexity index is 453. The maximum atomic E-state index is 9.94. The molecule has 2 rings (SSSR count). The van der Waals surface area contributed by atoms with E-state index in [1.54, 1.807) is 0 Å². The topological polar surface area (TPSA) is 40.5 Å². The Labute approximate surface area is 143 Å². The molecule has 0 amide bonds. The lowest BCUT2D eigenvalue weighted by Crippen LogP contribution is -2.37. The third kappa shape index (κ3) is 4.51. The van der Waals surface area contributed by atoms with Crippen LogP contribution >= 0.6 is 0 Å². The predicted octanol–water partition coefficient (Wildman–Crippen LogP) is 4.70. The molecule has 2 nitrogen and oxygen atoms in total. The van der Waals surface area contributed by atoms with Gasteiger partial charge in [0.15, 0.2) is 0 Å². The molecule has 0 heterocycles. The first-order chi connectivity index (χ1) is 10.5. The second kappa shape index (κ2) is 6.76. The van der Waals surface area contributed by atoms with E-state index in [-0.39, 0.29) is 17.2 Å². The first-order valence-corrected chi connectivity index (χ1v) is 9.23. The van der Waals surface area contributed by atoms with Crippen LogP contribution in [-0.4, -0.2) is 17.2 Å². The lowest BCUT2D eigenvalue weighted by Gasteiger charge is -2.42. The first-order valence-electron chi connectivity index (χ1n) is 9.23. The average molecular weight is 318 g/mol. The molecular formula is C20H35BO2. The minimum Gasteiger partial charge on any atom is -0.427 e. The van der Waals surface area contributed by atoms with Crippen molar-refractivity contribution in [2.24, 2.45) is 34.5 Å². The molecule has 5 atom stereocenters. The van der Waals surface area contributed by atoms with Crippen LogP contribution in [0, 0.1) is 34.5 Å². The van der Waals surface area contributed by atoms with Crippen molar-refractivity contribution in [3.05, 3.63) is 24.3 Å². The van der Waals surface area contributed by atoms with Crippen LogP contribution in [0.15, 0.2) is 24.3 Å². The quantitative estimate of drug-likeness (QED) is 0.572. The molecule has 0 aliphatic heterocycles. The number of rotatable bonds is 2. The molecule has 0 saturated heterocycles. The molecular weight excluding hydrogens is 283 g/mol. The van der Waals surface area contributed by atoms with Crippen LogP contribution in [0.5, 0.6) is 0 Å². The van der Waals surface area contributed by atoms with Crippen LogP contribution in [0.2, 0.25) is 5.82 Å². The highest BCUT2D eigenvalue weighted by Gasteiger charge is 2.41. The van der Waals surface area contributed by atoms with Gasteiger partial charge in [-0.05, 0) is 53.8 Å². The van der Waals surface area contributed by atoms with Gasteiger partial charge in [-0.3, -0.25) is 0 Å². The highest BCUT2D eigenvalue weighted by Crippen LogP contribution is 2.47. The summed E-state index contributed by atoms with van der Waals surface area (Å²) >= 11 is 0. The van der Waals surface area contributed by atoms with E-state index in [4.69, 9.17) is 0 Å². The van der Waals surface area contributed by atoms with Crippen molar-refractivity contribution < 1.29 is 10.0 Å². The summed E-state index contributed by atoms with van der Waals surface area (Å²) in [4.78, 5) is 0. The zero-order valence-electron chi connectivity index (χ0n) is 15.8. The van der Waals surface area contributed by atoms with Gasteiger partial charge in [0.25, 0.3) is 0 Å². The highest BCUT2D eigenvalue weighted by atomic mass is 16.4. The Morgan fingerprint density at radius 3 is 1.78 bits per heavy atom. The summed E-state index contributed by atoms with van der Waals surface area (Å²) in [5, 5.41) is 19.9. The molecule has 2 aliphatic carbocycles. The van der Waals surface area contributed by atoms with Gasteiger partial charge in [0.1, 0.15) is 0 Å². The smallest absolute Gasteiger partial charge is 0.427 e. The molecule has 0 bridgehead atoms. The summed E-state index contributed by atoms with van der Waals surface area (Å²) in [5.74, 6) is 1.69. The summed E-state index contributed by atoms with van der Waals surface area (Å²) in [5.41, 5.74) is 0.492. The third-order valence-electron chi connectivity index (χ3n) is 6.09. The highest BCUT2D eigenvalue weighted by molar-refractivity contribution is 6.43. The fourth-order valence-electron chi connectivity index (χ4n) is 4.24. The zero-order chi connectivity index (χ0) is 17.4. The zero-order valence-corrected chi connectivity index (χ0v) is 15.8. The molecule has 0 aromatic heterocycles. The second-order valence-electron chi connectivity index (χ2n) is 9.85. The van der Waals surface area contributed by atoms with Crippen molar-refractivity contribution in [2.45, 2.75) is 66.6 Å². The van der Waals surface area contributed by atoms with Gasteiger partial charge in [-0.2, -0.15) is 0 Å². The van der Waals surface area contributed by atoms with Crippen LogP contribution in [0.4, 0.5) is 0 Å². The van der Waals surface area contributed by atoms with Crippen LogP contribution in [0.25, 0.3) is 0 Å². The van der Waals surface area contributed by atoms with E-state index < -0.39 is 7.12 Å². The summed E-state index contributed by atoms with van der Waals surface area (Å²) in [6.45, 7) is 13.6. The van der Waals surface area contributed by atoms with Crippen LogP contribution in [0.1, 0.15) is 60.8 Å². The van der Waals surface area contributed by atoms with Crippen LogP contribution in [0.3, 0.4) is 0 Å². The SMILES string of the molecule is CC(C)(C)C1C=CC(C2C=CC(C(C)(C)C)CC2B(O)O)CC1. The van der Waals surface area contributed by atoms with Crippen LogP contribution < -0.4 is 0 Å². The fraction of sp³-hybridized carbons (Fsp3) is 0.800. The van der Waals surface area contributed by atoms with Crippen molar-refractivity contribution in [1.29, 1.82) is 0 Å². The Kier molecular flexibility index (Phi) is 5.53. The van der Waals surface area contributed by atoms with Gasteiger partial charge in [0.05, 0.1) is 0 Å². The molecule has 0 aromatic carbocycles. The van der Waals surface area contributed by atoms with Gasteiger partial charge < -0.3 is 10.0 Å². The summed E-state index contributed by atoms with van der Waals surface area (Å²) in [6, 6.07) is 0. The number of hydrogen-bond acceptors (Lipinski definition) is 2. The fourth-order valence-corrected chi connectivity index (χ4v) is 4.24. The second-order valence-corrected chi connectivity index (χ2v) is 9.85. The molecule has 2 N–H and O–H groups in total. The van der Waals surface area contributed by atoms with Gasteiger partial charge in [-0.1, -0.05) is 65.8 Å². The maximum Gasteiger partial charge on any atom is 0.455 e. The largest absolute Gasteiger partial charge is 0.455 e. The molecule has 23 heavy (non-hydrogen) atoms. The van der Waals surface area contributed by atoms with Crippen LogP contribution in [-0.2, 0) is 0 Å². The summed E-state index contributed by atoms with van der Waals surface area (Å²) in [6.07, 6.45) is 12.5. The van der Waals surface area contributed by atoms with Crippen molar-refractivity contribution in [3.8, 4) is 0 Å². The van der Waals surface area contributed by atoms with Crippen molar-refractivity contribution in [1.82, 2.24) is 0 Å². The van der Waals surface area contributed by atoms with E-state index in [9.17, 15) is 10.0 Å². The third-order valence-corrected chi connectivity index (χ3v) is 6.09. The molecule has 0 radical (unpaired) electrons. The van der Waals surface area contributed by atoms with Gasteiger partial charge in [-0.15, -0.1) is 0 Å².